The molecule has 2 aliphatic carbocycles. The van der Waals surface area contributed by atoms with Crippen LogP contribution in [-0.2, 0) is 4.79 Å². The highest BCUT2D eigenvalue weighted by Gasteiger charge is 2.39. The number of carbonyl (C=O) groups is 1. The van der Waals surface area contributed by atoms with Crippen molar-refractivity contribution in [2.75, 3.05) is 0 Å². The van der Waals surface area contributed by atoms with Gasteiger partial charge in [0.15, 0.2) is 0 Å². The maximum atomic E-state index is 12.3. The number of halogens is 1. The van der Waals surface area contributed by atoms with E-state index in [2.05, 4.69) is 29.6 Å². The molecular weight excluding hydrogens is 284 g/mol. The zero-order valence-electron chi connectivity index (χ0n) is 12.4. The van der Waals surface area contributed by atoms with E-state index in [1.54, 1.807) is 0 Å². The molecule has 2 saturated carbocycles. The molecule has 2 fully saturated rings. The molecule has 0 heterocycles. The lowest BCUT2D eigenvalue weighted by atomic mass is 9.75. The smallest absolute Gasteiger partial charge is 0.240 e. The van der Waals surface area contributed by atoms with Crippen molar-refractivity contribution >= 4 is 18.3 Å². The molecule has 21 heavy (non-hydrogen) atoms. The van der Waals surface area contributed by atoms with Gasteiger partial charge in [-0.25, -0.2) is 0 Å². The average molecular weight is 309 g/mol. The monoisotopic (exact) mass is 308 g/mol. The zero-order chi connectivity index (χ0) is 14.0. The van der Waals surface area contributed by atoms with E-state index in [0.717, 1.165) is 38.5 Å². The molecule has 116 valence electrons. The SMILES string of the molecule is Cl.NC1(C(=O)NC2CC(c3ccccc3)C2)CCCCC1. The number of rotatable bonds is 3. The van der Waals surface area contributed by atoms with E-state index in [0.29, 0.717) is 12.0 Å². The van der Waals surface area contributed by atoms with Crippen molar-refractivity contribution in [1.82, 2.24) is 5.32 Å². The number of hydrogen-bond acceptors (Lipinski definition) is 2. The molecule has 4 heteroatoms. The van der Waals surface area contributed by atoms with E-state index < -0.39 is 5.54 Å². The van der Waals surface area contributed by atoms with E-state index in [-0.39, 0.29) is 18.3 Å². The van der Waals surface area contributed by atoms with Gasteiger partial charge in [0, 0.05) is 6.04 Å². The Morgan fingerprint density at radius 2 is 1.71 bits per heavy atom. The van der Waals surface area contributed by atoms with Crippen molar-refractivity contribution in [2.45, 2.75) is 62.4 Å². The van der Waals surface area contributed by atoms with Gasteiger partial charge in [0.2, 0.25) is 5.91 Å². The molecule has 0 saturated heterocycles. The molecule has 3 nitrogen and oxygen atoms in total. The first-order valence-corrected chi connectivity index (χ1v) is 7.82. The molecule has 1 aromatic carbocycles. The third-order valence-electron chi connectivity index (χ3n) is 4.94. The quantitative estimate of drug-likeness (QED) is 0.901. The third kappa shape index (κ3) is 3.58. The molecule has 3 rings (SSSR count). The second kappa shape index (κ2) is 6.80. The Balaban J connectivity index is 0.00000161. The molecule has 1 amide bonds. The van der Waals surface area contributed by atoms with Gasteiger partial charge in [-0.3, -0.25) is 4.79 Å². The molecule has 0 aliphatic heterocycles. The van der Waals surface area contributed by atoms with Crippen molar-refractivity contribution in [3.8, 4) is 0 Å². The summed E-state index contributed by atoms with van der Waals surface area (Å²) >= 11 is 0. The number of amides is 1. The van der Waals surface area contributed by atoms with Crippen molar-refractivity contribution in [2.24, 2.45) is 5.73 Å². The summed E-state index contributed by atoms with van der Waals surface area (Å²) in [5.41, 5.74) is 7.05. The molecule has 2 aliphatic rings. The van der Waals surface area contributed by atoms with E-state index in [9.17, 15) is 4.79 Å². The predicted molar refractivity (Wildman–Crippen MR) is 87.6 cm³/mol. The second-order valence-corrected chi connectivity index (χ2v) is 6.47. The highest BCUT2D eigenvalue weighted by atomic mass is 35.5. The summed E-state index contributed by atoms with van der Waals surface area (Å²) in [5.74, 6) is 0.676. The summed E-state index contributed by atoms with van der Waals surface area (Å²) < 4.78 is 0. The van der Waals surface area contributed by atoms with Crippen LogP contribution < -0.4 is 11.1 Å². The van der Waals surface area contributed by atoms with Crippen LogP contribution in [0.4, 0.5) is 0 Å². The lowest BCUT2D eigenvalue weighted by Gasteiger charge is -2.39. The van der Waals surface area contributed by atoms with Gasteiger partial charge in [0.05, 0.1) is 5.54 Å². The lowest BCUT2D eigenvalue weighted by Crippen LogP contribution is -2.58. The van der Waals surface area contributed by atoms with Crippen LogP contribution in [0.3, 0.4) is 0 Å². The van der Waals surface area contributed by atoms with Gasteiger partial charge in [-0.15, -0.1) is 12.4 Å². The second-order valence-electron chi connectivity index (χ2n) is 6.47. The minimum atomic E-state index is -0.601. The highest BCUT2D eigenvalue weighted by molar-refractivity contribution is 5.86. The van der Waals surface area contributed by atoms with Crippen molar-refractivity contribution < 1.29 is 4.79 Å². The highest BCUT2D eigenvalue weighted by Crippen LogP contribution is 2.37. The van der Waals surface area contributed by atoms with Crippen LogP contribution in [0.15, 0.2) is 30.3 Å². The van der Waals surface area contributed by atoms with Crippen LogP contribution in [0.1, 0.15) is 56.4 Å². The third-order valence-corrected chi connectivity index (χ3v) is 4.94. The van der Waals surface area contributed by atoms with Gasteiger partial charge < -0.3 is 11.1 Å². The summed E-state index contributed by atoms with van der Waals surface area (Å²) in [4.78, 5) is 12.3. The molecule has 0 bridgehead atoms. The fourth-order valence-electron chi connectivity index (χ4n) is 3.47. The average Bonchev–Trinajstić information content (AvgIpc) is 2.44. The van der Waals surface area contributed by atoms with Gasteiger partial charge in [-0.2, -0.15) is 0 Å². The minimum Gasteiger partial charge on any atom is -0.352 e. The minimum absolute atomic E-state index is 0. The summed E-state index contributed by atoms with van der Waals surface area (Å²) in [5, 5.41) is 3.16. The molecular formula is C17H25ClN2O. The van der Waals surface area contributed by atoms with Crippen LogP contribution in [-0.4, -0.2) is 17.5 Å². The van der Waals surface area contributed by atoms with E-state index in [1.165, 1.54) is 12.0 Å². The Kier molecular flexibility index (Phi) is 5.28. The Hall–Kier alpha value is -1.06. The number of benzene rings is 1. The van der Waals surface area contributed by atoms with Crippen LogP contribution in [0, 0.1) is 0 Å². The molecule has 0 radical (unpaired) electrons. The first kappa shape index (κ1) is 16.3. The fraction of sp³-hybridized carbons (Fsp3) is 0.588. The van der Waals surface area contributed by atoms with Crippen LogP contribution in [0.2, 0.25) is 0 Å². The molecule has 0 atom stereocenters. The lowest BCUT2D eigenvalue weighted by molar-refractivity contribution is -0.128. The first-order valence-electron chi connectivity index (χ1n) is 7.82. The zero-order valence-corrected chi connectivity index (χ0v) is 13.2. The summed E-state index contributed by atoms with van der Waals surface area (Å²) in [7, 11) is 0. The van der Waals surface area contributed by atoms with E-state index in [1.807, 2.05) is 6.07 Å². The fourth-order valence-corrected chi connectivity index (χ4v) is 3.47. The molecule has 3 N–H and O–H groups in total. The molecule has 0 aromatic heterocycles. The van der Waals surface area contributed by atoms with Crippen molar-refractivity contribution in [3.05, 3.63) is 35.9 Å². The first-order chi connectivity index (χ1) is 9.67. The van der Waals surface area contributed by atoms with E-state index in [4.69, 9.17) is 5.73 Å². The summed E-state index contributed by atoms with van der Waals surface area (Å²) in [6.45, 7) is 0. The van der Waals surface area contributed by atoms with Crippen LogP contribution >= 0.6 is 12.4 Å². The number of nitrogens with one attached hydrogen (secondary N) is 1. The van der Waals surface area contributed by atoms with Gasteiger partial charge in [0.1, 0.15) is 0 Å². The maximum absolute atomic E-state index is 12.3. The Morgan fingerprint density at radius 1 is 1.10 bits per heavy atom. The number of hydrogen-bond donors (Lipinski definition) is 2. The standard InChI is InChI=1S/C17H24N2O.ClH/c18-17(9-5-2-6-10-17)16(20)19-15-11-14(12-15)13-7-3-1-4-8-13;/h1,3-4,7-8,14-15H,2,5-6,9-12,18H2,(H,19,20);1H. The largest absolute Gasteiger partial charge is 0.352 e. The van der Waals surface area contributed by atoms with Gasteiger partial charge in [-0.1, -0.05) is 49.6 Å². The predicted octanol–water partition coefficient (Wildman–Crippen LogP) is 3.13. The summed E-state index contributed by atoms with van der Waals surface area (Å²) in [6.07, 6.45) is 7.16. The Bertz CT molecular complexity index is 465. The molecule has 0 spiro atoms. The molecule has 1 aromatic rings. The maximum Gasteiger partial charge on any atom is 0.240 e. The van der Waals surface area contributed by atoms with Gasteiger partial charge in [0.25, 0.3) is 0 Å². The molecule has 0 unspecified atom stereocenters. The van der Waals surface area contributed by atoms with Gasteiger partial charge in [-0.05, 0) is 37.2 Å². The number of carbonyl (C=O) groups excluding carboxylic acids is 1. The summed E-state index contributed by atoms with van der Waals surface area (Å²) in [6, 6.07) is 10.9. The van der Waals surface area contributed by atoms with Crippen LogP contribution in [0.25, 0.3) is 0 Å². The Labute approximate surface area is 133 Å². The number of nitrogens with two attached hydrogens (primary N) is 1. The van der Waals surface area contributed by atoms with E-state index >= 15 is 0 Å². The normalized spacial score (nSPS) is 27.1. The van der Waals surface area contributed by atoms with Crippen molar-refractivity contribution in [3.63, 3.8) is 0 Å². The van der Waals surface area contributed by atoms with Crippen LogP contribution in [0.5, 0.6) is 0 Å². The van der Waals surface area contributed by atoms with Gasteiger partial charge >= 0.3 is 0 Å². The van der Waals surface area contributed by atoms with Crippen molar-refractivity contribution in [1.29, 1.82) is 0 Å². The topological polar surface area (TPSA) is 55.1 Å². The Morgan fingerprint density at radius 3 is 2.33 bits per heavy atom.